The van der Waals surface area contributed by atoms with E-state index in [0.29, 0.717) is 6.42 Å². The summed E-state index contributed by atoms with van der Waals surface area (Å²) in [7, 11) is 0. The molecule has 4 N–H and O–H groups in total. The number of aliphatic hydroxyl groups is 3. The topological polar surface area (TPSA) is 89.8 Å². The third-order valence-corrected chi connectivity index (χ3v) is 9.13. The number of hydrogen-bond donors (Lipinski definition) is 4. The summed E-state index contributed by atoms with van der Waals surface area (Å²) in [6.45, 7) is 4.17. The van der Waals surface area contributed by atoms with Gasteiger partial charge in [-0.15, -0.1) is 0 Å². The van der Waals surface area contributed by atoms with Crippen molar-refractivity contribution in [2.24, 2.45) is 0 Å². The molecule has 0 fully saturated rings. The zero-order chi connectivity index (χ0) is 32.4. The molecule has 0 bridgehead atoms. The highest BCUT2D eigenvalue weighted by atomic mass is 16.3. The molecular formula is C39H77NO4. The second kappa shape index (κ2) is 35.0. The largest absolute Gasteiger partial charge is 0.394 e. The summed E-state index contributed by atoms with van der Waals surface area (Å²) >= 11 is 0. The van der Waals surface area contributed by atoms with Crippen LogP contribution in [0.2, 0.25) is 0 Å². The SMILES string of the molecule is CCCCCCCCCCCCC/C=C/[C@@H](O)[C@H](CO)NC(=O)C(O)CCCCCCCCCCCCCCCCCCC. The van der Waals surface area contributed by atoms with Gasteiger partial charge in [-0.2, -0.15) is 0 Å². The number of carbonyl (C=O) groups is 1. The fraction of sp³-hybridized carbons (Fsp3) is 0.923. The lowest BCUT2D eigenvalue weighted by Gasteiger charge is -2.21. The van der Waals surface area contributed by atoms with E-state index in [1.165, 1.54) is 154 Å². The molecule has 1 amide bonds. The van der Waals surface area contributed by atoms with E-state index in [4.69, 9.17) is 0 Å². The van der Waals surface area contributed by atoms with Crippen molar-refractivity contribution in [3.8, 4) is 0 Å². The third kappa shape index (κ3) is 29.8. The molecular weight excluding hydrogens is 546 g/mol. The van der Waals surface area contributed by atoms with Gasteiger partial charge >= 0.3 is 0 Å². The maximum atomic E-state index is 12.4. The molecule has 262 valence electrons. The van der Waals surface area contributed by atoms with Crippen molar-refractivity contribution in [3.63, 3.8) is 0 Å². The van der Waals surface area contributed by atoms with Crippen LogP contribution < -0.4 is 5.32 Å². The molecule has 0 rings (SSSR count). The van der Waals surface area contributed by atoms with E-state index >= 15 is 0 Å². The number of hydrogen-bond acceptors (Lipinski definition) is 4. The molecule has 0 spiro atoms. The van der Waals surface area contributed by atoms with Gasteiger partial charge in [-0.1, -0.05) is 199 Å². The van der Waals surface area contributed by atoms with Crippen LogP contribution in [0.15, 0.2) is 12.2 Å². The van der Waals surface area contributed by atoms with Crippen LogP contribution in [-0.2, 0) is 4.79 Å². The first kappa shape index (κ1) is 43.1. The van der Waals surface area contributed by atoms with Crippen molar-refractivity contribution in [1.82, 2.24) is 5.32 Å². The predicted octanol–water partition coefficient (Wildman–Crippen LogP) is 10.5. The minimum absolute atomic E-state index is 0.360. The van der Waals surface area contributed by atoms with Gasteiger partial charge in [0.1, 0.15) is 6.10 Å². The van der Waals surface area contributed by atoms with E-state index in [0.717, 1.165) is 32.1 Å². The highest BCUT2D eigenvalue weighted by molar-refractivity contribution is 5.80. The Labute approximate surface area is 274 Å². The van der Waals surface area contributed by atoms with Gasteiger partial charge < -0.3 is 20.6 Å². The molecule has 0 saturated carbocycles. The first-order valence-corrected chi connectivity index (χ1v) is 19.5. The average Bonchev–Trinajstić information content (AvgIpc) is 3.03. The van der Waals surface area contributed by atoms with Gasteiger partial charge in [0, 0.05) is 0 Å². The van der Waals surface area contributed by atoms with Crippen molar-refractivity contribution in [2.75, 3.05) is 6.61 Å². The summed E-state index contributed by atoms with van der Waals surface area (Å²) in [5.41, 5.74) is 0. The molecule has 1 unspecified atom stereocenters. The Morgan fingerprint density at radius 1 is 0.545 bits per heavy atom. The molecule has 0 aliphatic carbocycles. The Bertz CT molecular complexity index is 611. The monoisotopic (exact) mass is 624 g/mol. The Balaban J connectivity index is 3.69. The van der Waals surface area contributed by atoms with Gasteiger partial charge in [-0.25, -0.2) is 0 Å². The maximum absolute atomic E-state index is 12.4. The summed E-state index contributed by atoms with van der Waals surface area (Å²) in [6, 6.07) is -0.790. The number of allylic oxidation sites excluding steroid dienone is 1. The third-order valence-electron chi connectivity index (χ3n) is 9.13. The minimum Gasteiger partial charge on any atom is -0.394 e. The molecule has 0 aromatic rings. The van der Waals surface area contributed by atoms with Gasteiger partial charge in [0.05, 0.1) is 18.8 Å². The lowest BCUT2D eigenvalue weighted by molar-refractivity contribution is -0.131. The number of rotatable bonds is 35. The fourth-order valence-electron chi connectivity index (χ4n) is 6.01. The molecule has 0 aromatic carbocycles. The molecule has 5 nitrogen and oxygen atoms in total. The summed E-state index contributed by atoms with van der Waals surface area (Å²) in [4.78, 5) is 12.4. The Kier molecular flexibility index (Phi) is 34.2. The van der Waals surface area contributed by atoms with Crippen LogP contribution in [0, 0.1) is 0 Å². The van der Waals surface area contributed by atoms with Crippen molar-refractivity contribution in [3.05, 3.63) is 12.2 Å². The molecule has 0 aliphatic rings. The van der Waals surface area contributed by atoms with E-state index in [1.807, 2.05) is 6.08 Å². The first-order valence-electron chi connectivity index (χ1n) is 19.5. The van der Waals surface area contributed by atoms with Crippen molar-refractivity contribution >= 4 is 5.91 Å². The van der Waals surface area contributed by atoms with Gasteiger partial charge in [-0.05, 0) is 19.3 Å². The molecule has 0 aromatic heterocycles. The van der Waals surface area contributed by atoms with Crippen molar-refractivity contribution in [2.45, 2.75) is 225 Å². The molecule has 0 aliphatic heterocycles. The molecule has 5 heteroatoms. The second-order valence-corrected chi connectivity index (χ2v) is 13.5. The lowest BCUT2D eigenvalue weighted by atomic mass is 10.0. The van der Waals surface area contributed by atoms with E-state index < -0.39 is 24.2 Å². The summed E-state index contributed by atoms with van der Waals surface area (Å²) in [5, 5.41) is 33.0. The molecule has 3 atom stereocenters. The normalized spacial score (nSPS) is 13.8. The predicted molar refractivity (Wildman–Crippen MR) is 190 cm³/mol. The highest BCUT2D eigenvalue weighted by Crippen LogP contribution is 2.15. The Hall–Kier alpha value is -0.910. The van der Waals surface area contributed by atoms with Gasteiger partial charge in [0.15, 0.2) is 0 Å². The quantitative estimate of drug-likeness (QED) is 0.0418. The molecule has 0 radical (unpaired) electrons. The van der Waals surface area contributed by atoms with Gasteiger partial charge in [-0.3, -0.25) is 4.79 Å². The maximum Gasteiger partial charge on any atom is 0.249 e. The molecule has 0 heterocycles. The van der Waals surface area contributed by atoms with Crippen LogP contribution in [0.1, 0.15) is 206 Å². The van der Waals surface area contributed by atoms with Crippen LogP contribution in [0.4, 0.5) is 0 Å². The number of unbranched alkanes of at least 4 members (excludes halogenated alkanes) is 27. The molecule has 44 heavy (non-hydrogen) atoms. The van der Waals surface area contributed by atoms with Crippen molar-refractivity contribution < 1.29 is 20.1 Å². The number of amides is 1. The number of carbonyl (C=O) groups excluding carboxylic acids is 1. The molecule has 0 saturated heterocycles. The standard InChI is InChI=1S/C39H77NO4/c1-3-5-7-9-11-13-15-17-18-19-20-22-24-26-28-30-32-34-38(43)39(44)40-36(35-41)37(42)33-31-29-27-25-23-21-16-14-12-10-8-6-4-2/h31,33,36-38,41-43H,3-30,32,34-35H2,1-2H3,(H,40,44)/b33-31+/t36-,37+,38?/m0/s1. The van der Waals surface area contributed by atoms with Gasteiger partial charge in [0.25, 0.3) is 0 Å². The van der Waals surface area contributed by atoms with Crippen LogP contribution in [0.25, 0.3) is 0 Å². The Morgan fingerprint density at radius 2 is 0.886 bits per heavy atom. The van der Waals surface area contributed by atoms with Gasteiger partial charge in [0.2, 0.25) is 5.91 Å². The number of nitrogens with one attached hydrogen (secondary N) is 1. The highest BCUT2D eigenvalue weighted by Gasteiger charge is 2.22. The van der Waals surface area contributed by atoms with Crippen LogP contribution in [0.5, 0.6) is 0 Å². The van der Waals surface area contributed by atoms with Crippen LogP contribution >= 0.6 is 0 Å². The smallest absolute Gasteiger partial charge is 0.249 e. The summed E-state index contributed by atoms with van der Waals surface area (Å²) in [6.07, 6.45) is 39.4. The first-order chi connectivity index (χ1) is 21.6. The zero-order valence-electron chi connectivity index (χ0n) is 29.6. The van der Waals surface area contributed by atoms with Crippen LogP contribution in [0.3, 0.4) is 0 Å². The fourth-order valence-corrected chi connectivity index (χ4v) is 6.01. The number of aliphatic hydroxyl groups excluding tert-OH is 3. The van der Waals surface area contributed by atoms with E-state index in [2.05, 4.69) is 19.2 Å². The summed E-state index contributed by atoms with van der Waals surface area (Å²) < 4.78 is 0. The summed E-state index contributed by atoms with van der Waals surface area (Å²) in [5.74, 6) is -0.502. The Morgan fingerprint density at radius 3 is 1.25 bits per heavy atom. The van der Waals surface area contributed by atoms with E-state index in [1.54, 1.807) is 6.08 Å². The van der Waals surface area contributed by atoms with E-state index in [-0.39, 0.29) is 6.61 Å². The zero-order valence-corrected chi connectivity index (χ0v) is 29.6. The van der Waals surface area contributed by atoms with Crippen molar-refractivity contribution in [1.29, 1.82) is 0 Å². The second-order valence-electron chi connectivity index (χ2n) is 13.5. The average molecular weight is 624 g/mol. The minimum atomic E-state index is -1.09. The van der Waals surface area contributed by atoms with Crippen LogP contribution in [-0.4, -0.2) is 46.1 Å². The van der Waals surface area contributed by atoms with E-state index in [9.17, 15) is 20.1 Å². The lowest BCUT2D eigenvalue weighted by Crippen LogP contribution is -2.48.